The number of nitrogens with zero attached hydrogens (tertiary/aromatic N) is 4. The maximum atomic E-state index is 13.0. The lowest BCUT2D eigenvalue weighted by Crippen LogP contribution is -2.45. The van der Waals surface area contributed by atoms with Gasteiger partial charge in [-0.1, -0.05) is 18.2 Å². The van der Waals surface area contributed by atoms with Crippen LogP contribution in [0, 0.1) is 5.41 Å². The van der Waals surface area contributed by atoms with E-state index >= 15 is 0 Å². The summed E-state index contributed by atoms with van der Waals surface area (Å²) < 4.78 is 0. The van der Waals surface area contributed by atoms with E-state index < -0.39 is 0 Å². The van der Waals surface area contributed by atoms with Crippen molar-refractivity contribution in [1.29, 1.82) is 0 Å². The second-order valence-electron chi connectivity index (χ2n) is 7.94. The van der Waals surface area contributed by atoms with Crippen molar-refractivity contribution in [1.82, 2.24) is 19.7 Å². The first-order chi connectivity index (χ1) is 14.1. The monoisotopic (exact) mass is 413 g/mol. The first kappa shape index (κ1) is 19.8. The highest BCUT2D eigenvalue weighted by atomic mass is 32.1. The molecule has 8 heteroatoms. The molecule has 0 bridgehead atoms. The number of carbonyl (C=O) groups is 2. The number of benzene rings is 1. The number of hydrogen-bond donors (Lipinski definition) is 1. The van der Waals surface area contributed by atoms with Crippen LogP contribution in [0.3, 0.4) is 0 Å². The van der Waals surface area contributed by atoms with Crippen molar-refractivity contribution in [2.24, 2.45) is 5.41 Å². The van der Waals surface area contributed by atoms with Gasteiger partial charge in [0.15, 0.2) is 0 Å². The van der Waals surface area contributed by atoms with Crippen LogP contribution in [0.5, 0.6) is 0 Å². The van der Waals surface area contributed by atoms with Gasteiger partial charge in [-0.25, -0.2) is 9.78 Å². The number of aromatic nitrogens is 1. The fourth-order valence-corrected chi connectivity index (χ4v) is 5.04. The first-order valence-electron chi connectivity index (χ1n) is 10.1. The average Bonchev–Trinajstić information content (AvgIpc) is 3.28. The Morgan fingerprint density at radius 2 is 2.03 bits per heavy atom. The predicted octanol–water partition coefficient (Wildman–Crippen LogP) is 2.73. The number of urea groups is 1. The molecule has 154 valence electrons. The molecule has 2 saturated heterocycles. The number of nitrogens with one attached hydrogen (secondary N) is 1. The van der Waals surface area contributed by atoms with Gasteiger partial charge in [0.2, 0.25) is 5.91 Å². The zero-order valence-corrected chi connectivity index (χ0v) is 17.5. The Bertz CT molecular complexity index is 844. The summed E-state index contributed by atoms with van der Waals surface area (Å²) in [5.74, 6) is 0.187. The van der Waals surface area contributed by atoms with Crippen molar-refractivity contribution < 1.29 is 9.59 Å². The SMILES string of the molecule is CCN1C[C@@]2(CC1=O)CN(Cc1nccs1)CCN(C(=O)Nc1ccccc1)C2. The lowest BCUT2D eigenvalue weighted by atomic mass is 9.86. The number of rotatable bonds is 4. The average molecular weight is 414 g/mol. The summed E-state index contributed by atoms with van der Waals surface area (Å²) in [6.07, 6.45) is 2.31. The van der Waals surface area contributed by atoms with E-state index in [9.17, 15) is 9.59 Å². The third-order valence-corrected chi connectivity index (χ3v) is 6.48. The fourth-order valence-electron chi connectivity index (χ4n) is 4.39. The summed E-state index contributed by atoms with van der Waals surface area (Å²) in [4.78, 5) is 36.1. The molecular formula is C21H27N5O2S. The number of likely N-dealkylation sites (tertiary alicyclic amines) is 1. The van der Waals surface area contributed by atoms with E-state index in [2.05, 4.69) is 15.2 Å². The Balaban J connectivity index is 1.53. The number of anilines is 1. The van der Waals surface area contributed by atoms with Crippen LogP contribution >= 0.6 is 11.3 Å². The van der Waals surface area contributed by atoms with Crippen molar-refractivity contribution in [3.05, 3.63) is 46.9 Å². The molecule has 1 N–H and O–H groups in total. The molecule has 3 amide bonds. The molecule has 29 heavy (non-hydrogen) atoms. The molecule has 1 aromatic carbocycles. The van der Waals surface area contributed by atoms with Crippen molar-refractivity contribution in [2.75, 3.05) is 44.6 Å². The largest absolute Gasteiger partial charge is 0.342 e. The van der Waals surface area contributed by atoms with Gasteiger partial charge in [-0.15, -0.1) is 11.3 Å². The van der Waals surface area contributed by atoms with E-state index in [0.29, 0.717) is 32.6 Å². The molecule has 1 atom stereocenters. The van der Waals surface area contributed by atoms with Crippen LogP contribution in [-0.2, 0) is 11.3 Å². The highest BCUT2D eigenvalue weighted by Crippen LogP contribution is 2.35. The Hall–Kier alpha value is -2.45. The van der Waals surface area contributed by atoms with E-state index in [-0.39, 0.29) is 17.4 Å². The maximum absolute atomic E-state index is 13.0. The molecule has 2 aliphatic heterocycles. The Morgan fingerprint density at radius 1 is 1.21 bits per heavy atom. The van der Waals surface area contributed by atoms with Crippen molar-refractivity contribution >= 4 is 29.0 Å². The molecule has 0 unspecified atom stereocenters. The van der Waals surface area contributed by atoms with Crippen LogP contribution < -0.4 is 5.32 Å². The zero-order valence-electron chi connectivity index (χ0n) is 16.7. The molecule has 2 aromatic rings. The van der Waals surface area contributed by atoms with Crippen LogP contribution in [0.4, 0.5) is 10.5 Å². The minimum absolute atomic E-state index is 0.103. The molecule has 3 heterocycles. The molecular weight excluding hydrogens is 386 g/mol. The minimum Gasteiger partial charge on any atom is -0.342 e. The van der Waals surface area contributed by atoms with E-state index in [1.165, 1.54) is 0 Å². The second kappa shape index (κ2) is 8.51. The Labute approximate surface area is 175 Å². The molecule has 0 radical (unpaired) electrons. The third-order valence-electron chi connectivity index (χ3n) is 5.71. The van der Waals surface area contributed by atoms with Gasteiger partial charge in [-0.05, 0) is 19.1 Å². The Morgan fingerprint density at radius 3 is 2.72 bits per heavy atom. The van der Waals surface area contributed by atoms with Gasteiger partial charge in [-0.3, -0.25) is 9.69 Å². The van der Waals surface area contributed by atoms with Crippen molar-refractivity contribution in [2.45, 2.75) is 19.9 Å². The van der Waals surface area contributed by atoms with Crippen LogP contribution in [0.15, 0.2) is 41.9 Å². The standard InChI is InChI=1S/C21H27N5O2S/c1-2-25-15-21(12-19(25)27)14-24(13-18-22-8-11-29-18)9-10-26(16-21)20(28)23-17-6-4-3-5-7-17/h3-8,11H,2,9-10,12-16H2,1H3,(H,23,28)/t21-/m1/s1. The molecule has 4 rings (SSSR count). The summed E-state index contributed by atoms with van der Waals surface area (Å²) in [6.45, 7) is 6.96. The lowest BCUT2D eigenvalue weighted by molar-refractivity contribution is -0.127. The number of thiazole rings is 1. The second-order valence-corrected chi connectivity index (χ2v) is 8.92. The maximum Gasteiger partial charge on any atom is 0.321 e. The highest BCUT2D eigenvalue weighted by Gasteiger charge is 2.46. The molecule has 0 saturated carbocycles. The highest BCUT2D eigenvalue weighted by molar-refractivity contribution is 7.09. The minimum atomic E-state index is -0.241. The summed E-state index contributed by atoms with van der Waals surface area (Å²) in [6, 6.07) is 9.41. The molecule has 7 nitrogen and oxygen atoms in total. The topological polar surface area (TPSA) is 68.8 Å². The van der Waals surface area contributed by atoms with E-state index in [0.717, 1.165) is 30.3 Å². The predicted molar refractivity (Wildman–Crippen MR) is 114 cm³/mol. The van der Waals surface area contributed by atoms with Crippen LogP contribution in [-0.4, -0.2) is 70.9 Å². The Kier molecular flexibility index (Phi) is 5.82. The molecule has 2 fully saturated rings. The summed E-state index contributed by atoms with van der Waals surface area (Å²) >= 11 is 1.65. The van der Waals surface area contributed by atoms with Gasteiger partial charge in [0.05, 0.1) is 6.54 Å². The summed E-state index contributed by atoms with van der Waals surface area (Å²) in [7, 11) is 0. The van der Waals surface area contributed by atoms with Gasteiger partial charge >= 0.3 is 6.03 Å². The molecule has 2 aliphatic rings. The van der Waals surface area contributed by atoms with Gasteiger partial charge in [0, 0.05) is 68.4 Å². The van der Waals surface area contributed by atoms with Crippen LogP contribution in [0.25, 0.3) is 0 Å². The fraction of sp³-hybridized carbons (Fsp3) is 0.476. The molecule has 1 spiro atoms. The number of hydrogen-bond acceptors (Lipinski definition) is 5. The summed E-state index contributed by atoms with van der Waals surface area (Å²) in [5, 5.41) is 6.06. The van der Waals surface area contributed by atoms with E-state index in [1.54, 1.807) is 11.3 Å². The normalized spacial score (nSPS) is 22.9. The van der Waals surface area contributed by atoms with Gasteiger partial charge < -0.3 is 15.1 Å². The van der Waals surface area contributed by atoms with E-state index in [1.807, 2.05) is 58.6 Å². The quantitative estimate of drug-likeness (QED) is 0.837. The van der Waals surface area contributed by atoms with Crippen LogP contribution in [0.2, 0.25) is 0 Å². The number of amides is 3. The third kappa shape index (κ3) is 4.59. The lowest BCUT2D eigenvalue weighted by Gasteiger charge is -2.33. The van der Waals surface area contributed by atoms with Gasteiger partial charge in [0.25, 0.3) is 0 Å². The van der Waals surface area contributed by atoms with Gasteiger partial charge in [-0.2, -0.15) is 0 Å². The first-order valence-corrected chi connectivity index (χ1v) is 10.9. The van der Waals surface area contributed by atoms with Crippen molar-refractivity contribution in [3.8, 4) is 0 Å². The van der Waals surface area contributed by atoms with Gasteiger partial charge in [0.1, 0.15) is 5.01 Å². The smallest absolute Gasteiger partial charge is 0.321 e. The zero-order chi connectivity index (χ0) is 20.3. The number of carbonyl (C=O) groups excluding carboxylic acids is 2. The van der Waals surface area contributed by atoms with Crippen LogP contribution in [0.1, 0.15) is 18.4 Å². The summed E-state index contributed by atoms with van der Waals surface area (Å²) in [5.41, 5.74) is 0.544. The number of para-hydroxylation sites is 1. The molecule has 0 aliphatic carbocycles. The van der Waals surface area contributed by atoms with Crippen molar-refractivity contribution in [3.63, 3.8) is 0 Å². The van der Waals surface area contributed by atoms with E-state index in [4.69, 9.17) is 0 Å². The molecule has 1 aromatic heterocycles.